The molecule has 0 bridgehead atoms. The zero-order valence-corrected chi connectivity index (χ0v) is 13.6. The molecule has 0 radical (unpaired) electrons. The minimum Gasteiger partial charge on any atom is -0.354 e. The number of hydrogen-bond acceptors (Lipinski definition) is 1. The first-order valence-electron chi connectivity index (χ1n) is 8.19. The van der Waals surface area contributed by atoms with E-state index in [4.69, 9.17) is 5.26 Å². The zero-order chi connectivity index (χ0) is 17.1. The lowest BCUT2D eigenvalue weighted by molar-refractivity contribution is 1.39. The normalized spacial score (nSPS) is 10.4. The van der Waals surface area contributed by atoms with Crippen LogP contribution in [0.3, 0.4) is 0 Å². The van der Waals surface area contributed by atoms with Crippen LogP contribution in [0.15, 0.2) is 91.0 Å². The Labute approximate surface area is 147 Å². The molecule has 4 rings (SSSR count). The molecular formula is C23H16N2. The van der Waals surface area contributed by atoms with E-state index in [1.807, 2.05) is 60.7 Å². The first kappa shape index (κ1) is 15.0. The third kappa shape index (κ3) is 2.96. The van der Waals surface area contributed by atoms with Crippen LogP contribution in [0.4, 0.5) is 0 Å². The van der Waals surface area contributed by atoms with Gasteiger partial charge in [-0.3, -0.25) is 0 Å². The van der Waals surface area contributed by atoms with Crippen molar-refractivity contribution in [1.29, 1.82) is 5.26 Å². The van der Waals surface area contributed by atoms with Gasteiger partial charge in [0.1, 0.15) is 0 Å². The summed E-state index contributed by atoms with van der Waals surface area (Å²) in [5.41, 5.74) is 7.36. The first-order valence-corrected chi connectivity index (χ1v) is 8.19. The van der Waals surface area contributed by atoms with Gasteiger partial charge in [0.25, 0.3) is 0 Å². The molecule has 1 heterocycles. The Balaban J connectivity index is 1.89. The van der Waals surface area contributed by atoms with Crippen LogP contribution in [0.5, 0.6) is 0 Å². The van der Waals surface area contributed by atoms with Crippen LogP contribution in [0, 0.1) is 11.3 Å². The topological polar surface area (TPSA) is 39.6 Å². The number of aromatic nitrogens is 1. The van der Waals surface area contributed by atoms with Gasteiger partial charge in [-0.1, -0.05) is 72.8 Å². The number of H-pyrrole nitrogens is 1. The SMILES string of the molecule is N#Cc1ccc(-c2cc(-c3ccccc3)[nH]c2-c2ccccc2)cc1. The van der Waals surface area contributed by atoms with Gasteiger partial charge in [-0.2, -0.15) is 5.26 Å². The summed E-state index contributed by atoms with van der Waals surface area (Å²) in [7, 11) is 0. The number of rotatable bonds is 3. The van der Waals surface area contributed by atoms with Crippen LogP contribution in [-0.2, 0) is 0 Å². The van der Waals surface area contributed by atoms with E-state index in [1.165, 1.54) is 0 Å². The van der Waals surface area contributed by atoms with Crippen molar-refractivity contribution < 1.29 is 0 Å². The quantitative estimate of drug-likeness (QED) is 0.502. The van der Waals surface area contributed by atoms with Gasteiger partial charge in [0.05, 0.1) is 17.3 Å². The molecule has 118 valence electrons. The van der Waals surface area contributed by atoms with Crippen molar-refractivity contribution in [2.24, 2.45) is 0 Å². The summed E-state index contributed by atoms with van der Waals surface area (Å²) >= 11 is 0. The van der Waals surface area contributed by atoms with E-state index in [-0.39, 0.29) is 0 Å². The average Bonchev–Trinajstić information content (AvgIpc) is 3.15. The van der Waals surface area contributed by atoms with Gasteiger partial charge in [0.2, 0.25) is 0 Å². The number of nitrogens with zero attached hydrogens (tertiary/aromatic N) is 1. The van der Waals surface area contributed by atoms with Crippen molar-refractivity contribution in [1.82, 2.24) is 4.98 Å². The fourth-order valence-corrected chi connectivity index (χ4v) is 3.01. The van der Waals surface area contributed by atoms with Crippen molar-refractivity contribution in [2.75, 3.05) is 0 Å². The summed E-state index contributed by atoms with van der Waals surface area (Å²) < 4.78 is 0. The summed E-state index contributed by atoms with van der Waals surface area (Å²) in [5.74, 6) is 0. The molecule has 4 aromatic rings. The van der Waals surface area contributed by atoms with Crippen LogP contribution in [-0.4, -0.2) is 4.98 Å². The number of benzene rings is 3. The second-order valence-corrected chi connectivity index (χ2v) is 5.89. The molecule has 0 saturated carbocycles. The summed E-state index contributed by atoms with van der Waals surface area (Å²) in [6, 6.07) is 32.7. The Kier molecular flexibility index (Phi) is 3.90. The van der Waals surface area contributed by atoms with E-state index in [9.17, 15) is 0 Å². The first-order chi connectivity index (χ1) is 12.3. The number of nitrogens with one attached hydrogen (secondary N) is 1. The smallest absolute Gasteiger partial charge is 0.0991 e. The van der Waals surface area contributed by atoms with E-state index >= 15 is 0 Å². The van der Waals surface area contributed by atoms with Crippen LogP contribution in [0.1, 0.15) is 5.56 Å². The summed E-state index contributed by atoms with van der Waals surface area (Å²) in [6.07, 6.45) is 0. The van der Waals surface area contributed by atoms with E-state index in [0.717, 1.165) is 33.6 Å². The standard InChI is InChI=1S/C23H16N2/c24-16-17-11-13-18(14-12-17)21-15-22(19-7-3-1-4-8-19)25-23(21)20-9-5-2-6-10-20/h1-15,25H. The Morgan fingerprint density at radius 3 is 1.84 bits per heavy atom. The third-order valence-corrected chi connectivity index (χ3v) is 4.29. The van der Waals surface area contributed by atoms with Gasteiger partial charge >= 0.3 is 0 Å². The van der Waals surface area contributed by atoms with Gasteiger partial charge in [-0.05, 0) is 34.9 Å². The lowest BCUT2D eigenvalue weighted by Crippen LogP contribution is -1.83. The monoisotopic (exact) mass is 320 g/mol. The molecule has 1 aromatic heterocycles. The minimum atomic E-state index is 0.670. The molecule has 0 aliphatic heterocycles. The van der Waals surface area contributed by atoms with Crippen LogP contribution in [0.2, 0.25) is 0 Å². The van der Waals surface area contributed by atoms with Crippen LogP contribution < -0.4 is 0 Å². The molecule has 0 unspecified atom stereocenters. The molecule has 0 spiro atoms. The Bertz CT molecular complexity index is 1020. The molecular weight excluding hydrogens is 304 g/mol. The van der Waals surface area contributed by atoms with E-state index in [1.54, 1.807) is 0 Å². The summed E-state index contributed by atoms with van der Waals surface area (Å²) in [6.45, 7) is 0. The van der Waals surface area contributed by atoms with Crippen molar-refractivity contribution in [3.05, 3.63) is 96.6 Å². The van der Waals surface area contributed by atoms with E-state index < -0.39 is 0 Å². The van der Waals surface area contributed by atoms with Gasteiger partial charge < -0.3 is 4.98 Å². The molecule has 1 N–H and O–H groups in total. The molecule has 0 aliphatic rings. The summed E-state index contributed by atoms with van der Waals surface area (Å²) in [5, 5.41) is 9.03. The number of aromatic amines is 1. The average molecular weight is 320 g/mol. The Morgan fingerprint density at radius 2 is 1.24 bits per heavy atom. The largest absolute Gasteiger partial charge is 0.354 e. The van der Waals surface area contributed by atoms with E-state index in [2.05, 4.69) is 41.4 Å². The molecule has 0 fully saturated rings. The molecule has 2 heteroatoms. The van der Waals surface area contributed by atoms with Gasteiger partial charge in [-0.15, -0.1) is 0 Å². The lowest BCUT2D eigenvalue weighted by atomic mass is 10.00. The van der Waals surface area contributed by atoms with Gasteiger partial charge in [0, 0.05) is 11.3 Å². The molecule has 25 heavy (non-hydrogen) atoms. The minimum absolute atomic E-state index is 0.670. The van der Waals surface area contributed by atoms with Crippen LogP contribution >= 0.6 is 0 Å². The van der Waals surface area contributed by atoms with E-state index in [0.29, 0.717) is 5.56 Å². The van der Waals surface area contributed by atoms with Crippen molar-refractivity contribution >= 4 is 0 Å². The third-order valence-electron chi connectivity index (χ3n) is 4.29. The predicted octanol–water partition coefficient (Wildman–Crippen LogP) is 5.89. The van der Waals surface area contributed by atoms with Gasteiger partial charge in [0.15, 0.2) is 0 Å². The van der Waals surface area contributed by atoms with Crippen molar-refractivity contribution in [3.8, 4) is 39.7 Å². The Morgan fingerprint density at radius 1 is 0.640 bits per heavy atom. The number of nitriles is 1. The lowest BCUT2D eigenvalue weighted by Gasteiger charge is -2.05. The molecule has 0 amide bonds. The van der Waals surface area contributed by atoms with Crippen LogP contribution in [0.25, 0.3) is 33.6 Å². The highest BCUT2D eigenvalue weighted by Crippen LogP contribution is 2.35. The fourth-order valence-electron chi connectivity index (χ4n) is 3.01. The maximum Gasteiger partial charge on any atom is 0.0991 e. The highest BCUT2D eigenvalue weighted by molar-refractivity contribution is 5.86. The Hall–Kier alpha value is -3.57. The van der Waals surface area contributed by atoms with Crippen molar-refractivity contribution in [2.45, 2.75) is 0 Å². The molecule has 0 aliphatic carbocycles. The maximum absolute atomic E-state index is 9.03. The van der Waals surface area contributed by atoms with Gasteiger partial charge in [-0.25, -0.2) is 0 Å². The second kappa shape index (κ2) is 6.51. The molecule has 0 saturated heterocycles. The highest BCUT2D eigenvalue weighted by Gasteiger charge is 2.13. The van der Waals surface area contributed by atoms with Crippen molar-refractivity contribution in [3.63, 3.8) is 0 Å². The summed E-state index contributed by atoms with van der Waals surface area (Å²) in [4.78, 5) is 3.58. The highest BCUT2D eigenvalue weighted by atomic mass is 14.7. The maximum atomic E-state index is 9.03. The zero-order valence-electron chi connectivity index (χ0n) is 13.6. The molecule has 2 nitrogen and oxygen atoms in total. The fraction of sp³-hybridized carbons (Fsp3) is 0. The molecule has 0 atom stereocenters. The second-order valence-electron chi connectivity index (χ2n) is 5.89. The predicted molar refractivity (Wildman–Crippen MR) is 102 cm³/mol. The number of hydrogen-bond donors (Lipinski definition) is 1. The molecule has 3 aromatic carbocycles.